The molecule has 0 aliphatic heterocycles. The van der Waals surface area contributed by atoms with E-state index >= 15 is 0 Å². The van der Waals surface area contributed by atoms with Crippen LogP contribution >= 0.6 is 11.6 Å². The monoisotopic (exact) mass is 290 g/mol. The van der Waals surface area contributed by atoms with Crippen LogP contribution < -0.4 is 4.57 Å². The van der Waals surface area contributed by atoms with Crippen molar-refractivity contribution < 1.29 is 18.9 Å². The molecule has 0 saturated heterocycles. The molecular weight excluding hydrogens is 278 g/mol. The summed E-state index contributed by atoms with van der Waals surface area (Å²) in [7, 11) is 0. The van der Waals surface area contributed by atoms with Gasteiger partial charge in [-0.2, -0.15) is 4.57 Å². The molecule has 102 valence electrons. The standard InChI is InChI=1S/C15H13ClNO3/c16-11-20-15(19)13-8-4-5-9-17(13)10-14(18)12-6-2-1-3-7-12/h1-9H,10-11H2/q+1. The number of hydrogen-bond donors (Lipinski definition) is 0. The Hall–Kier alpha value is -2.20. The van der Waals surface area contributed by atoms with Gasteiger partial charge in [-0.1, -0.05) is 41.9 Å². The summed E-state index contributed by atoms with van der Waals surface area (Å²) in [5.41, 5.74) is 0.887. The second-order valence-corrected chi connectivity index (χ2v) is 4.26. The third kappa shape index (κ3) is 3.42. The minimum absolute atomic E-state index is 0.0670. The van der Waals surface area contributed by atoms with Gasteiger partial charge in [0, 0.05) is 17.7 Å². The van der Waals surface area contributed by atoms with Gasteiger partial charge in [-0.3, -0.25) is 4.79 Å². The van der Waals surface area contributed by atoms with Gasteiger partial charge in [-0.25, -0.2) is 4.79 Å². The van der Waals surface area contributed by atoms with Crippen molar-refractivity contribution >= 4 is 23.4 Å². The molecule has 0 unspecified atom stereocenters. The van der Waals surface area contributed by atoms with Gasteiger partial charge < -0.3 is 4.74 Å². The number of nitrogens with zero attached hydrogens (tertiary/aromatic N) is 1. The number of carbonyl (C=O) groups excluding carboxylic acids is 2. The van der Waals surface area contributed by atoms with Gasteiger partial charge in [0.1, 0.15) is 0 Å². The van der Waals surface area contributed by atoms with Crippen LogP contribution in [0.5, 0.6) is 0 Å². The number of halogens is 1. The highest BCUT2D eigenvalue weighted by Crippen LogP contribution is 2.02. The third-order valence-electron chi connectivity index (χ3n) is 2.75. The summed E-state index contributed by atoms with van der Waals surface area (Å²) in [5, 5.41) is 0. The Balaban J connectivity index is 2.21. The smallest absolute Gasteiger partial charge is 0.404 e. The minimum atomic E-state index is -0.554. The number of ether oxygens (including phenoxy) is 1. The lowest BCUT2D eigenvalue weighted by molar-refractivity contribution is -0.685. The van der Waals surface area contributed by atoms with Gasteiger partial charge in [0.05, 0.1) is 0 Å². The average Bonchev–Trinajstić information content (AvgIpc) is 2.49. The summed E-state index contributed by atoms with van der Waals surface area (Å²) in [5.74, 6) is -0.636. The number of aromatic nitrogens is 1. The number of carbonyl (C=O) groups is 2. The van der Waals surface area contributed by atoms with E-state index in [-0.39, 0.29) is 24.1 Å². The van der Waals surface area contributed by atoms with Crippen LogP contribution in [0.15, 0.2) is 54.7 Å². The van der Waals surface area contributed by atoms with E-state index < -0.39 is 5.97 Å². The summed E-state index contributed by atoms with van der Waals surface area (Å²) in [4.78, 5) is 23.9. The number of pyridine rings is 1. The van der Waals surface area contributed by atoms with E-state index in [9.17, 15) is 9.59 Å². The molecule has 20 heavy (non-hydrogen) atoms. The summed E-state index contributed by atoms with van der Waals surface area (Å²) in [6.45, 7) is 0.0670. The van der Waals surface area contributed by atoms with E-state index in [0.29, 0.717) is 5.56 Å². The zero-order valence-electron chi connectivity index (χ0n) is 10.7. The molecule has 1 aromatic carbocycles. The van der Waals surface area contributed by atoms with Crippen LogP contribution in [0, 0.1) is 0 Å². The highest BCUT2D eigenvalue weighted by atomic mass is 35.5. The Bertz CT molecular complexity index is 614. The summed E-state index contributed by atoms with van der Waals surface area (Å²) in [6.07, 6.45) is 1.66. The molecule has 0 atom stereocenters. The van der Waals surface area contributed by atoms with E-state index in [0.717, 1.165) is 0 Å². The summed E-state index contributed by atoms with van der Waals surface area (Å²) >= 11 is 5.38. The molecule has 0 spiro atoms. The number of esters is 1. The first-order valence-corrected chi connectivity index (χ1v) is 6.55. The van der Waals surface area contributed by atoms with Crippen molar-refractivity contribution in [3.63, 3.8) is 0 Å². The summed E-state index contributed by atoms with van der Waals surface area (Å²) < 4.78 is 6.30. The molecule has 0 saturated carbocycles. The third-order valence-corrected chi connectivity index (χ3v) is 2.85. The van der Waals surface area contributed by atoms with Gasteiger partial charge in [-0.05, 0) is 6.07 Å². The zero-order valence-corrected chi connectivity index (χ0v) is 11.4. The van der Waals surface area contributed by atoms with E-state index in [2.05, 4.69) is 0 Å². The van der Waals surface area contributed by atoms with Crippen molar-refractivity contribution in [1.29, 1.82) is 0 Å². The maximum absolute atomic E-state index is 12.1. The first-order valence-electron chi connectivity index (χ1n) is 6.02. The Morgan fingerprint density at radius 1 is 1.05 bits per heavy atom. The van der Waals surface area contributed by atoms with Crippen molar-refractivity contribution in [1.82, 2.24) is 0 Å². The molecular formula is C15H13ClNO3+. The number of ketones is 1. The average molecular weight is 291 g/mol. The molecule has 2 aromatic rings. The van der Waals surface area contributed by atoms with Gasteiger partial charge in [0.2, 0.25) is 12.3 Å². The number of hydrogen-bond acceptors (Lipinski definition) is 3. The Kier molecular flexibility index (Phi) is 4.85. The molecule has 0 N–H and O–H groups in total. The number of benzene rings is 1. The molecule has 0 fully saturated rings. The van der Waals surface area contributed by atoms with Crippen LogP contribution in [0.1, 0.15) is 20.8 Å². The molecule has 0 aliphatic carbocycles. The lowest BCUT2D eigenvalue weighted by Gasteiger charge is -2.02. The second kappa shape index (κ2) is 6.82. The van der Waals surface area contributed by atoms with Crippen molar-refractivity contribution in [3.8, 4) is 0 Å². The fourth-order valence-electron chi connectivity index (χ4n) is 1.79. The SMILES string of the molecule is O=C(C[n+]1ccccc1C(=O)OCCl)c1ccccc1. The Labute approximate surface area is 121 Å². The number of alkyl halides is 1. The molecule has 1 aromatic heterocycles. The topological polar surface area (TPSA) is 47.2 Å². The molecule has 2 rings (SSSR count). The largest absolute Gasteiger partial charge is 0.441 e. The lowest BCUT2D eigenvalue weighted by Crippen LogP contribution is -2.43. The summed E-state index contributed by atoms with van der Waals surface area (Å²) in [6, 6.07) is 13.7. The van der Waals surface area contributed by atoms with Crippen molar-refractivity contribution in [2.24, 2.45) is 0 Å². The van der Waals surface area contributed by atoms with Crippen molar-refractivity contribution in [3.05, 3.63) is 66.0 Å². The highest BCUT2D eigenvalue weighted by Gasteiger charge is 2.22. The fourth-order valence-corrected chi connectivity index (χ4v) is 1.89. The molecule has 0 radical (unpaired) electrons. The predicted octanol–water partition coefficient (Wildman–Crippen LogP) is 2.21. The zero-order chi connectivity index (χ0) is 14.4. The maximum atomic E-state index is 12.1. The van der Waals surface area contributed by atoms with E-state index in [1.165, 1.54) is 0 Å². The van der Waals surface area contributed by atoms with Crippen LogP contribution in [-0.2, 0) is 11.3 Å². The van der Waals surface area contributed by atoms with Crippen LogP contribution in [-0.4, -0.2) is 17.8 Å². The van der Waals surface area contributed by atoms with Gasteiger partial charge in [0.15, 0.2) is 12.3 Å². The van der Waals surface area contributed by atoms with Gasteiger partial charge in [0.25, 0.3) is 5.69 Å². The molecule has 0 bridgehead atoms. The lowest BCUT2D eigenvalue weighted by atomic mass is 10.1. The molecule has 0 aliphatic rings. The minimum Gasteiger partial charge on any atom is -0.441 e. The van der Waals surface area contributed by atoms with Gasteiger partial charge >= 0.3 is 5.97 Å². The molecule has 5 heteroatoms. The van der Waals surface area contributed by atoms with Crippen LogP contribution in [0.25, 0.3) is 0 Å². The first kappa shape index (κ1) is 14.2. The molecule has 0 amide bonds. The Morgan fingerprint density at radius 2 is 1.75 bits per heavy atom. The number of Topliss-reactive ketones (excluding diaryl/α,β-unsaturated/α-hetero) is 1. The van der Waals surface area contributed by atoms with E-state index in [1.807, 2.05) is 6.07 Å². The highest BCUT2D eigenvalue weighted by molar-refractivity contribution is 6.17. The molecule has 1 heterocycles. The number of rotatable bonds is 5. The molecule has 4 nitrogen and oxygen atoms in total. The Morgan fingerprint density at radius 3 is 2.45 bits per heavy atom. The van der Waals surface area contributed by atoms with Gasteiger partial charge in [-0.15, -0.1) is 0 Å². The van der Waals surface area contributed by atoms with Crippen molar-refractivity contribution in [2.45, 2.75) is 6.54 Å². The van der Waals surface area contributed by atoms with E-state index in [4.69, 9.17) is 16.3 Å². The van der Waals surface area contributed by atoms with Crippen LogP contribution in [0.3, 0.4) is 0 Å². The second-order valence-electron chi connectivity index (χ2n) is 4.04. The van der Waals surface area contributed by atoms with Crippen molar-refractivity contribution in [2.75, 3.05) is 6.07 Å². The van der Waals surface area contributed by atoms with Crippen LogP contribution in [0.4, 0.5) is 0 Å². The van der Waals surface area contributed by atoms with E-state index in [1.54, 1.807) is 53.2 Å². The van der Waals surface area contributed by atoms with Crippen LogP contribution in [0.2, 0.25) is 0 Å². The maximum Gasteiger partial charge on any atom is 0.404 e. The quantitative estimate of drug-likeness (QED) is 0.367. The first-order chi connectivity index (χ1) is 9.72. The predicted molar refractivity (Wildman–Crippen MR) is 73.5 cm³/mol. The normalized spacial score (nSPS) is 10.1. The fraction of sp³-hybridized carbons (Fsp3) is 0.133.